The van der Waals surface area contributed by atoms with Gasteiger partial charge in [-0.2, -0.15) is 0 Å². The SMILES string of the molecule is CC(C)OP(=O)(OC(C)C)c1occ2ccccc12. The molecule has 0 amide bonds. The highest BCUT2D eigenvalue weighted by atomic mass is 31.2. The van der Waals surface area contributed by atoms with Crippen molar-refractivity contribution in [2.75, 3.05) is 0 Å². The van der Waals surface area contributed by atoms with Crippen molar-refractivity contribution in [2.45, 2.75) is 39.9 Å². The fraction of sp³-hybridized carbons (Fsp3) is 0.429. The van der Waals surface area contributed by atoms with E-state index in [9.17, 15) is 4.57 Å². The van der Waals surface area contributed by atoms with Gasteiger partial charge in [0.2, 0.25) is 5.50 Å². The summed E-state index contributed by atoms with van der Waals surface area (Å²) in [5.41, 5.74) is 0.283. The van der Waals surface area contributed by atoms with Crippen LogP contribution in [0.2, 0.25) is 0 Å². The molecule has 0 fully saturated rings. The van der Waals surface area contributed by atoms with Gasteiger partial charge < -0.3 is 13.5 Å². The van der Waals surface area contributed by atoms with Gasteiger partial charge in [0, 0.05) is 10.8 Å². The van der Waals surface area contributed by atoms with Crippen LogP contribution in [0.15, 0.2) is 34.9 Å². The van der Waals surface area contributed by atoms with E-state index in [0.717, 1.165) is 10.8 Å². The molecule has 2 aromatic rings. The Hall–Kier alpha value is -1.09. The maximum Gasteiger partial charge on any atom is 0.397 e. The topological polar surface area (TPSA) is 48.7 Å². The highest BCUT2D eigenvalue weighted by Gasteiger charge is 2.35. The summed E-state index contributed by atoms with van der Waals surface area (Å²) < 4.78 is 29.5. The van der Waals surface area contributed by atoms with E-state index in [4.69, 9.17) is 13.5 Å². The Labute approximate surface area is 113 Å². The maximum atomic E-state index is 13.0. The monoisotopic (exact) mass is 282 g/mol. The lowest BCUT2D eigenvalue weighted by Gasteiger charge is -2.21. The molecule has 0 unspecified atom stereocenters. The third kappa shape index (κ3) is 3.08. The second kappa shape index (κ2) is 5.49. The van der Waals surface area contributed by atoms with Gasteiger partial charge in [-0.15, -0.1) is 0 Å². The van der Waals surface area contributed by atoms with E-state index in [1.165, 1.54) is 0 Å². The zero-order valence-electron chi connectivity index (χ0n) is 11.6. The van der Waals surface area contributed by atoms with Gasteiger partial charge in [0.25, 0.3) is 0 Å². The fourth-order valence-corrected chi connectivity index (χ4v) is 3.90. The van der Waals surface area contributed by atoms with E-state index in [0.29, 0.717) is 0 Å². The lowest BCUT2D eigenvalue weighted by molar-refractivity contribution is 0.147. The minimum atomic E-state index is -3.45. The lowest BCUT2D eigenvalue weighted by atomic mass is 10.2. The Kier molecular flexibility index (Phi) is 4.14. The number of benzene rings is 1. The Balaban J connectivity index is 2.51. The molecule has 0 bridgehead atoms. The van der Waals surface area contributed by atoms with Crippen LogP contribution in [0.5, 0.6) is 0 Å². The zero-order chi connectivity index (χ0) is 14.0. The molecule has 0 N–H and O–H groups in total. The van der Waals surface area contributed by atoms with E-state index < -0.39 is 7.60 Å². The van der Waals surface area contributed by atoms with Gasteiger partial charge in [0.1, 0.15) is 0 Å². The third-order valence-electron chi connectivity index (χ3n) is 2.44. The van der Waals surface area contributed by atoms with E-state index in [1.54, 1.807) is 6.26 Å². The molecule has 0 radical (unpaired) electrons. The van der Waals surface area contributed by atoms with Crippen LogP contribution in [0.1, 0.15) is 27.7 Å². The molecular formula is C14H19O4P. The minimum absolute atomic E-state index is 0.214. The van der Waals surface area contributed by atoms with Crippen molar-refractivity contribution >= 4 is 23.9 Å². The maximum absolute atomic E-state index is 13.0. The normalized spacial score (nSPS) is 12.7. The first-order valence-corrected chi connectivity index (χ1v) is 7.90. The van der Waals surface area contributed by atoms with Gasteiger partial charge >= 0.3 is 7.60 Å². The summed E-state index contributed by atoms with van der Waals surface area (Å²) in [4.78, 5) is 0. The van der Waals surface area contributed by atoms with Crippen molar-refractivity contribution in [1.29, 1.82) is 0 Å². The van der Waals surface area contributed by atoms with E-state index in [2.05, 4.69) is 0 Å². The van der Waals surface area contributed by atoms with E-state index in [-0.39, 0.29) is 17.7 Å². The number of fused-ring (bicyclic) bond motifs is 1. The molecule has 0 aliphatic heterocycles. The fourth-order valence-electron chi connectivity index (χ4n) is 1.87. The van der Waals surface area contributed by atoms with Crippen LogP contribution in [0.4, 0.5) is 0 Å². The smallest absolute Gasteiger partial charge is 0.397 e. The van der Waals surface area contributed by atoms with Crippen LogP contribution in [-0.2, 0) is 13.6 Å². The highest BCUT2D eigenvalue weighted by Crippen LogP contribution is 2.51. The zero-order valence-corrected chi connectivity index (χ0v) is 12.5. The number of hydrogen-bond donors (Lipinski definition) is 0. The number of rotatable bonds is 5. The van der Waals surface area contributed by atoms with Gasteiger partial charge in [0.05, 0.1) is 18.5 Å². The molecule has 1 aromatic heterocycles. The molecule has 19 heavy (non-hydrogen) atoms. The largest absolute Gasteiger partial charge is 0.455 e. The average Bonchev–Trinajstić information content (AvgIpc) is 2.70. The minimum Gasteiger partial charge on any atom is -0.455 e. The first-order valence-electron chi connectivity index (χ1n) is 6.36. The number of hydrogen-bond acceptors (Lipinski definition) is 4. The van der Waals surface area contributed by atoms with Crippen LogP contribution < -0.4 is 5.50 Å². The summed E-state index contributed by atoms with van der Waals surface area (Å²) in [7, 11) is -3.45. The van der Waals surface area contributed by atoms with Crippen molar-refractivity contribution in [2.24, 2.45) is 0 Å². The number of furan rings is 1. The Bertz CT molecular complexity index is 586. The van der Waals surface area contributed by atoms with Gasteiger partial charge in [0.15, 0.2) is 0 Å². The highest BCUT2D eigenvalue weighted by molar-refractivity contribution is 7.62. The molecular weight excluding hydrogens is 263 g/mol. The second-order valence-corrected chi connectivity index (χ2v) is 6.76. The lowest BCUT2D eigenvalue weighted by Crippen LogP contribution is -2.16. The molecule has 0 aliphatic rings. The predicted octanol–water partition coefficient (Wildman–Crippen LogP) is 4.10. The summed E-state index contributed by atoms with van der Waals surface area (Å²) in [5, 5.41) is 1.66. The molecule has 2 rings (SSSR count). The van der Waals surface area contributed by atoms with Crippen LogP contribution in [0.25, 0.3) is 10.8 Å². The molecule has 1 heterocycles. The Morgan fingerprint density at radius 3 is 2.21 bits per heavy atom. The molecule has 4 nitrogen and oxygen atoms in total. The van der Waals surface area contributed by atoms with Gasteiger partial charge in [-0.25, -0.2) is 0 Å². The average molecular weight is 282 g/mol. The molecule has 104 valence electrons. The molecule has 1 aromatic carbocycles. The van der Waals surface area contributed by atoms with Crippen molar-refractivity contribution in [3.05, 3.63) is 30.5 Å². The first-order chi connectivity index (χ1) is 8.92. The molecule has 0 aliphatic carbocycles. The van der Waals surface area contributed by atoms with E-state index in [1.807, 2.05) is 52.0 Å². The summed E-state index contributed by atoms with van der Waals surface area (Å²) >= 11 is 0. The van der Waals surface area contributed by atoms with Crippen molar-refractivity contribution in [3.8, 4) is 0 Å². The summed E-state index contributed by atoms with van der Waals surface area (Å²) in [6, 6.07) is 7.53. The van der Waals surface area contributed by atoms with Crippen molar-refractivity contribution in [1.82, 2.24) is 0 Å². The second-order valence-electron chi connectivity index (χ2n) is 4.93. The molecule has 0 spiro atoms. The standard InChI is InChI=1S/C14H19O4P/c1-10(2)17-19(15,18-11(3)4)14-13-8-6-5-7-12(13)9-16-14/h5-11H,1-4H3. The van der Waals surface area contributed by atoms with Crippen LogP contribution in [0, 0.1) is 0 Å². The Morgan fingerprint density at radius 1 is 1.05 bits per heavy atom. The molecule has 0 saturated carbocycles. The van der Waals surface area contributed by atoms with Crippen LogP contribution >= 0.6 is 7.60 Å². The molecule has 0 atom stereocenters. The predicted molar refractivity (Wildman–Crippen MR) is 75.9 cm³/mol. The summed E-state index contributed by atoms with van der Waals surface area (Å²) in [6.45, 7) is 7.28. The quantitative estimate of drug-likeness (QED) is 0.775. The third-order valence-corrected chi connectivity index (χ3v) is 4.68. The van der Waals surface area contributed by atoms with Crippen molar-refractivity contribution in [3.63, 3.8) is 0 Å². The molecule has 0 saturated heterocycles. The Morgan fingerprint density at radius 2 is 1.63 bits per heavy atom. The van der Waals surface area contributed by atoms with Gasteiger partial charge in [-0.1, -0.05) is 24.3 Å². The summed E-state index contributed by atoms with van der Waals surface area (Å²) in [6.07, 6.45) is 1.15. The van der Waals surface area contributed by atoms with Crippen molar-refractivity contribution < 1.29 is 18.0 Å². The summed E-state index contributed by atoms with van der Waals surface area (Å²) in [5.74, 6) is 0. The van der Waals surface area contributed by atoms with Gasteiger partial charge in [-0.3, -0.25) is 4.57 Å². The first kappa shape index (κ1) is 14.3. The van der Waals surface area contributed by atoms with Crippen LogP contribution in [-0.4, -0.2) is 12.2 Å². The van der Waals surface area contributed by atoms with E-state index >= 15 is 0 Å². The van der Waals surface area contributed by atoms with Crippen LogP contribution in [0.3, 0.4) is 0 Å². The molecule has 5 heteroatoms. The van der Waals surface area contributed by atoms with Gasteiger partial charge in [-0.05, 0) is 27.7 Å².